The van der Waals surface area contributed by atoms with Gasteiger partial charge in [-0.05, 0) is 64.3 Å². The molecule has 0 unspecified atom stereocenters. The Morgan fingerprint density at radius 3 is 2.35 bits per heavy atom. The van der Waals surface area contributed by atoms with Crippen LogP contribution in [0.5, 0.6) is 5.75 Å². The van der Waals surface area contributed by atoms with Gasteiger partial charge in [-0.2, -0.15) is 0 Å². The Morgan fingerprint density at radius 2 is 1.70 bits per heavy atom. The van der Waals surface area contributed by atoms with Crippen LogP contribution in [0.2, 0.25) is 0 Å². The number of nitrogens with zero attached hydrogens (tertiary/aromatic N) is 2. The number of esters is 1. The van der Waals surface area contributed by atoms with Crippen LogP contribution in [0.25, 0.3) is 11.3 Å². The predicted molar refractivity (Wildman–Crippen MR) is 143 cm³/mol. The Labute approximate surface area is 220 Å². The third kappa shape index (κ3) is 6.35. The molecule has 194 valence electrons. The molecule has 0 spiro atoms. The second-order valence-electron chi connectivity index (χ2n) is 8.98. The topological polar surface area (TPSA) is 97.8 Å². The number of ether oxygens (including phenoxy) is 2. The van der Waals surface area contributed by atoms with Crippen LogP contribution in [0.4, 0.5) is 5.13 Å². The van der Waals surface area contributed by atoms with Crippen LogP contribution in [0.1, 0.15) is 60.1 Å². The van der Waals surface area contributed by atoms with Crippen molar-refractivity contribution < 1.29 is 23.9 Å². The number of anilines is 1. The molecule has 2 aromatic carbocycles. The second-order valence-corrected chi connectivity index (χ2v) is 9.98. The van der Waals surface area contributed by atoms with Crippen molar-refractivity contribution >= 4 is 34.3 Å². The van der Waals surface area contributed by atoms with Crippen molar-refractivity contribution in [3.8, 4) is 17.0 Å². The van der Waals surface area contributed by atoms with Crippen molar-refractivity contribution in [1.82, 2.24) is 9.88 Å². The molecule has 1 saturated heterocycles. The molecule has 1 aliphatic heterocycles. The molecule has 2 amide bonds. The molecule has 0 radical (unpaired) electrons. The molecule has 37 heavy (non-hydrogen) atoms. The zero-order chi connectivity index (χ0) is 26.4. The van der Waals surface area contributed by atoms with Crippen LogP contribution in [-0.4, -0.2) is 53.0 Å². The Kier molecular flexibility index (Phi) is 8.55. The molecular formula is C28H31N3O5S. The molecule has 1 aromatic heterocycles. The van der Waals surface area contributed by atoms with Gasteiger partial charge in [0.25, 0.3) is 11.8 Å². The Bertz CT molecular complexity index is 1230. The largest absolute Gasteiger partial charge is 0.484 e. The van der Waals surface area contributed by atoms with E-state index in [0.29, 0.717) is 27.0 Å². The lowest BCUT2D eigenvalue weighted by atomic mass is 9.97. The number of likely N-dealkylation sites (tertiary alicyclic amines) is 1. The number of aromatic nitrogens is 1. The molecule has 0 saturated carbocycles. The number of thiazole rings is 1. The summed E-state index contributed by atoms with van der Waals surface area (Å²) in [6, 6.07) is 16.3. The van der Waals surface area contributed by atoms with Crippen molar-refractivity contribution in [2.45, 2.75) is 52.1 Å². The summed E-state index contributed by atoms with van der Waals surface area (Å²) in [5.41, 5.74) is 1.61. The molecule has 0 bridgehead atoms. The number of hydrogen-bond acceptors (Lipinski definition) is 7. The summed E-state index contributed by atoms with van der Waals surface area (Å²) < 4.78 is 10.9. The van der Waals surface area contributed by atoms with Crippen molar-refractivity contribution in [2.75, 3.05) is 18.5 Å². The smallest absolute Gasteiger partial charge is 0.350 e. The fourth-order valence-corrected chi connectivity index (χ4v) is 5.38. The van der Waals surface area contributed by atoms with Crippen molar-refractivity contribution in [2.24, 2.45) is 0 Å². The third-order valence-corrected chi connectivity index (χ3v) is 7.27. The normalized spacial score (nSPS) is 17.2. The Hall–Kier alpha value is -3.72. The number of carbonyl (C=O) groups is 3. The zero-order valence-electron chi connectivity index (χ0n) is 21.2. The Balaban J connectivity index is 1.41. The van der Waals surface area contributed by atoms with Crippen LogP contribution in [-0.2, 0) is 9.53 Å². The SMILES string of the molecule is CCOC(=O)c1sc(NC(=O)c2ccc(OCC(=O)N3[C@@H](C)CCC[C@@H]3C)cc2)nc1-c1ccccc1. The van der Waals surface area contributed by atoms with Gasteiger partial charge in [-0.3, -0.25) is 14.9 Å². The summed E-state index contributed by atoms with van der Waals surface area (Å²) in [7, 11) is 0. The van der Waals surface area contributed by atoms with Crippen LogP contribution < -0.4 is 10.1 Å². The summed E-state index contributed by atoms with van der Waals surface area (Å²) in [4.78, 5) is 44.8. The molecule has 1 N–H and O–H groups in total. The van der Waals surface area contributed by atoms with E-state index in [9.17, 15) is 14.4 Å². The summed E-state index contributed by atoms with van der Waals surface area (Å²) >= 11 is 1.07. The van der Waals surface area contributed by atoms with Gasteiger partial charge in [0.1, 0.15) is 10.6 Å². The number of rotatable bonds is 8. The maximum absolute atomic E-state index is 12.9. The van der Waals surface area contributed by atoms with Crippen LogP contribution in [0.3, 0.4) is 0 Å². The van der Waals surface area contributed by atoms with Gasteiger partial charge in [0.05, 0.1) is 12.3 Å². The lowest BCUT2D eigenvalue weighted by Gasteiger charge is -2.38. The first-order valence-corrected chi connectivity index (χ1v) is 13.3. The van der Waals surface area contributed by atoms with Gasteiger partial charge in [-0.15, -0.1) is 0 Å². The average molecular weight is 522 g/mol. The highest BCUT2D eigenvalue weighted by Crippen LogP contribution is 2.32. The van der Waals surface area contributed by atoms with E-state index in [1.165, 1.54) is 0 Å². The summed E-state index contributed by atoms with van der Waals surface area (Å²) in [5, 5.41) is 3.06. The van der Waals surface area contributed by atoms with Crippen LogP contribution >= 0.6 is 11.3 Å². The maximum Gasteiger partial charge on any atom is 0.350 e. The van der Waals surface area contributed by atoms with Gasteiger partial charge >= 0.3 is 5.97 Å². The van der Waals surface area contributed by atoms with E-state index in [1.807, 2.05) is 35.2 Å². The minimum absolute atomic E-state index is 0.0306. The lowest BCUT2D eigenvalue weighted by molar-refractivity contribution is -0.139. The minimum Gasteiger partial charge on any atom is -0.484 e. The summed E-state index contributed by atoms with van der Waals surface area (Å²) in [6.07, 6.45) is 3.15. The molecule has 2 atom stereocenters. The summed E-state index contributed by atoms with van der Waals surface area (Å²) in [5.74, 6) is -0.379. The Morgan fingerprint density at radius 1 is 1.03 bits per heavy atom. The highest BCUT2D eigenvalue weighted by Gasteiger charge is 2.29. The minimum atomic E-state index is -0.483. The first-order chi connectivity index (χ1) is 17.9. The predicted octanol–water partition coefficient (Wildman–Crippen LogP) is 5.41. The molecule has 1 fully saturated rings. The third-order valence-electron chi connectivity index (χ3n) is 6.32. The van der Waals surface area contributed by atoms with Gasteiger partial charge in [0, 0.05) is 23.2 Å². The second kappa shape index (κ2) is 12.0. The first-order valence-electron chi connectivity index (χ1n) is 12.5. The van der Waals surface area contributed by atoms with Crippen LogP contribution in [0.15, 0.2) is 54.6 Å². The zero-order valence-corrected chi connectivity index (χ0v) is 22.0. The molecule has 4 rings (SSSR count). The van der Waals surface area contributed by atoms with E-state index >= 15 is 0 Å². The van der Waals surface area contributed by atoms with Gasteiger partial charge < -0.3 is 14.4 Å². The number of benzene rings is 2. The molecule has 1 aliphatic rings. The molecule has 0 aliphatic carbocycles. The summed E-state index contributed by atoms with van der Waals surface area (Å²) in [6.45, 7) is 6.08. The van der Waals surface area contributed by atoms with Gasteiger partial charge in [-0.25, -0.2) is 9.78 Å². The first kappa shape index (κ1) is 26.3. The number of hydrogen-bond donors (Lipinski definition) is 1. The van der Waals surface area contributed by atoms with Crippen LogP contribution in [0, 0.1) is 0 Å². The molecule has 3 aromatic rings. The van der Waals surface area contributed by atoms with E-state index < -0.39 is 5.97 Å². The van der Waals surface area contributed by atoms with Gasteiger partial charge in [-0.1, -0.05) is 41.7 Å². The number of piperidine rings is 1. The highest BCUT2D eigenvalue weighted by molar-refractivity contribution is 7.18. The van der Waals surface area contributed by atoms with Crippen molar-refractivity contribution in [1.29, 1.82) is 0 Å². The van der Waals surface area contributed by atoms with E-state index in [2.05, 4.69) is 24.1 Å². The molecule has 2 heterocycles. The van der Waals surface area contributed by atoms with Gasteiger partial charge in [0.15, 0.2) is 11.7 Å². The van der Waals surface area contributed by atoms with E-state index in [1.54, 1.807) is 31.2 Å². The molecule has 8 nitrogen and oxygen atoms in total. The molecular weight excluding hydrogens is 490 g/mol. The fourth-order valence-electron chi connectivity index (χ4n) is 4.50. The van der Waals surface area contributed by atoms with E-state index in [4.69, 9.17) is 9.47 Å². The lowest BCUT2D eigenvalue weighted by Crippen LogP contribution is -2.49. The van der Waals surface area contributed by atoms with E-state index in [0.717, 1.165) is 36.2 Å². The van der Waals surface area contributed by atoms with Crippen molar-refractivity contribution in [3.05, 3.63) is 65.0 Å². The van der Waals surface area contributed by atoms with Crippen molar-refractivity contribution in [3.63, 3.8) is 0 Å². The number of amides is 2. The van der Waals surface area contributed by atoms with Gasteiger partial charge in [0.2, 0.25) is 0 Å². The highest BCUT2D eigenvalue weighted by atomic mass is 32.1. The molecule has 9 heteroatoms. The quantitative estimate of drug-likeness (QED) is 0.398. The number of carbonyl (C=O) groups excluding carboxylic acids is 3. The fraction of sp³-hybridized carbons (Fsp3) is 0.357. The maximum atomic E-state index is 12.9. The number of nitrogens with one attached hydrogen (secondary N) is 1. The van der Waals surface area contributed by atoms with E-state index in [-0.39, 0.29) is 37.1 Å². The monoisotopic (exact) mass is 521 g/mol. The standard InChI is InChI=1S/C28H31N3O5S/c1-4-35-27(34)25-24(20-11-6-5-7-12-20)29-28(37-25)30-26(33)21-13-15-22(16-14-21)36-17-23(32)31-18(2)9-8-10-19(31)3/h5-7,11-16,18-19H,4,8-10,17H2,1-3H3,(H,29,30,33)/t18-,19-/m0/s1. The average Bonchev–Trinajstić information content (AvgIpc) is 3.32.